The van der Waals surface area contributed by atoms with E-state index in [1.807, 2.05) is 16.8 Å². The summed E-state index contributed by atoms with van der Waals surface area (Å²) in [7, 11) is 3.50. The molecule has 0 spiro atoms. The molecule has 1 unspecified atom stereocenters. The van der Waals surface area contributed by atoms with Crippen molar-refractivity contribution in [3.8, 4) is 17.1 Å². The third-order valence-electron chi connectivity index (χ3n) is 4.53. The molecular weight excluding hydrogens is 370 g/mol. The van der Waals surface area contributed by atoms with Gasteiger partial charge in [-0.3, -0.25) is 9.69 Å². The fourth-order valence-electron chi connectivity index (χ4n) is 2.97. The van der Waals surface area contributed by atoms with E-state index in [2.05, 4.69) is 5.16 Å². The molecule has 0 bridgehead atoms. The number of aromatic carboxylic acids is 1. The predicted molar refractivity (Wildman–Crippen MR) is 99.9 cm³/mol. The third kappa shape index (κ3) is 4.59. The minimum atomic E-state index is -1.10. The van der Waals surface area contributed by atoms with Crippen LogP contribution in [0.15, 0.2) is 28.8 Å². The summed E-state index contributed by atoms with van der Waals surface area (Å²) >= 11 is 0. The Morgan fingerprint density at radius 3 is 2.54 bits per heavy atom. The van der Waals surface area contributed by atoms with Crippen molar-refractivity contribution in [2.24, 2.45) is 0 Å². The summed E-state index contributed by atoms with van der Waals surface area (Å²) in [5, 5.41) is 30.1. The highest BCUT2D eigenvalue weighted by molar-refractivity contribution is 5.99. The topological polar surface area (TPSA) is 137 Å². The second-order valence-corrected chi connectivity index (χ2v) is 6.11. The third-order valence-corrected chi connectivity index (χ3v) is 4.53. The Bertz CT molecular complexity index is 791. The fourth-order valence-corrected chi connectivity index (χ4v) is 2.97. The Hall–Kier alpha value is -3.11. The van der Waals surface area contributed by atoms with E-state index in [4.69, 9.17) is 19.2 Å². The Kier molecular flexibility index (Phi) is 7.36. The molecule has 2 heterocycles. The number of carbonyl (C=O) groups is 2. The largest absolute Gasteiger partial charge is 0.497 e. The second kappa shape index (κ2) is 9.72. The highest BCUT2D eigenvalue weighted by Gasteiger charge is 2.31. The van der Waals surface area contributed by atoms with Crippen molar-refractivity contribution in [2.45, 2.75) is 6.04 Å². The summed E-state index contributed by atoms with van der Waals surface area (Å²) < 4.78 is 10.5. The molecule has 1 fully saturated rings. The first kappa shape index (κ1) is 21.2. The number of aliphatic hydroxyl groups excluding tert-OH is 1. The Morgan fingerprint density at radius 1 is 1.36 bits per heavy atom. The number of likely N-dealkylation sites (N-methyl/N-ethyl adjacent to an activating group) is 1. The highest BCUT2D eigenvalue weighted by atomic mass is 16.5. The minimum absolute atomic E-state index is 0.00140. The van der Waals surface area contributed by atoms with Crippen molar-refractivity contribution < 1.29 is 34.2 Å². The van der Waals surface area contributed by atoms with Gasteiger partial charge in [0.1, 0.15) is 5.75 Å². The predicted octanol–water partition coefficient (Wildman–Crippen LogP) is 0.862. The van der Waals surface area contributed by atoms with Crippen molar-refractivity contribution >= 4 is 18.3 Å². The summed E-state index contributed by atoms with van der Waals surface area (Å²) in [6.45, 7) is 1.55. The molecular formula is C18H23N3O7. The van der Waals surface area contributed by atoms with E-state index in [-0.39, 0.29) is 30.4 Å². The Labute approximate surface area is 161 Å². The van der Waals surface area contributed by atoms with E-state index in [9.17, 15) is 15.0 Å². The van der Waals surface area contributed by atoms with Gasteiger partial charge in [-0.1, -0.05) is 5.16 Å². The monoisotopic (exact) mass is 393 g/mol. The van der Waals surface area contributed by atoms with Gasteiger partial charge in [0, 0.05) is 25.2 Å². The number of nitrogens with zero attached hydrogens (tertiary/aromatic N) is 3. The van der Waals surface area contributed by atoms with Gasteiger partial charge in [-0.2, -0.15) is 0 Å². The zero-order chi connectivity index (χ0) is 20.7. The zero-order valence-electron chi connectivity index (χ0n) is 15.6. The number of piperazine rings is 1. The lowest BCUT2D eigenvalue weighted by molar-refractivity contribution is -0.122. The average Bonchev–Trinajstić information content (AvgIpc) is 3.14. The van der Waals surface area contributed by atoms with Gasteiger partial charge in [-0.05, 0) is 31.3 Å². The lowest BCUT2D eigenvalue weighted by Crippen LogP contribution is -2.53. The average molecular weight is 393 g/mol. The summed E-state index contributed by atoms with van der Waals surface area (Å²) in [6.07, 6.45) is 0. The molecule has 152 valence electrons. The van der Waals surface area contributed by atoms with E-state index < -0.39 is 5.97 Å². The lowest BCUT2D eigenvalue weighted by atomic mass is 10.1. The first-order valence-corrected chi connectivity index (χ1v) is 8.48. The molecule has 10 nitrogen and oxygen atoms in total. The standard InChI is InChI=1S/C17H21N3O5.CH2O2/c1-19-7-8-20(9-12(19)10-21)16-14(17(22)23)15(25-18-16)11-3-5-13(24-2)6-4-11;2-1-3/h3-6,12,21H,7-10H2,1-2H3,(H,22,23);1H,(H,2,3). The van der Waals surface area contributed by atoms with Crippen LogP contribution in [0, 0.1) is 0 Å². The number of benzene rings is 1. The van der Waals surface area contributed by atoms with Gasteiger partial charge in [0.2, 0.25) is 0 Å². The number of aliphatic hydroxyl groups is 1. The maximum Gasteiger partial charge on any atom is 0.343 e. The maximum atomic E-state index is 11.8. The number of methoxy groups -OCH3 is 1. The molecule has 1 atom stereocenters. The maximum absolute atomic E-state index is 11.8. The van der Waals surface area contributed by atoms with Crippen molar-refractivity contribution in [1.29, 1.82) is 0 Å². The molecule has 1 aromatic carbocycles. The van der Waals surface area contributed by atoms with E-state index in [0.29, 0.717) is 36.8 Å². The van der Waals surface area contributed by atoms with Gasteiger partial charge in [0.25, 0.3) is 6.47 Å². The van der Waals surface area contributed by atoms with Crippen LogP contribution in [0.5, 0.6) is 5.75 Å². The highest BCUT2D eigenvalue weighted by Crippen LogP contribution is 2.33. The summed E-state index contributed by atoms with van der Waals surface area (Å²) in [6, 6.07) is 6.87. The van der Waals surface area contributed by atoms with Crippen molar-refractivity contribution in [3.05, 3.63) is 29.8 Å². The number of carboxylic acid groups (broad SMARTS) is 2. The Balaban J connectivity index is 0.000000878. The SMILES string of the molecule is COc1ccc(-c2onc(N3CCN(C)C(CO)C3)c2C(=O)O)cc1.O=CO. The van der Waals surface area contributed by atoms with Crippen LogP contribution < -0.4 is 9.64 Å². The number of aromatic nitrogens is 1. The summed E-state index contributed by atoms with van der Waals surface area (Å²) in [5.41, 5.74) is 0.649. The summed E-state index contributed by atoms with van der Waals surface area (Å²) in [4.78, 5) is 24.1. The van der Waals surface area contributed by atoms with Gasteiger partial charge < -0.3 is 29.5 Å². The number of anilines is 1. The van der Waals surface area contributed by atoms with Crippen LogP contribution in [0.3, 0.4) is 0 Å². The van der Waals surface area contributed by atoms with E-state index in [1.165, 1.54) is 0 Å². The molecule has 28 heavy (non-hydrogen) atoms. The molecule has 2 aromatic rings. The van der Waals surface area contributed by atoms with Crippen molar-refractivity contribution in [2.75, 3.05) is 45.3 Å². The van der Waals surface area contributed by atoms with Crippen LogP contribution >= 0.6 is 0 Å². The molecule has 1 aliphatic heterocycles. The van der Waals surface area contributed by atoms with Crippen LogP contribution in [-0.2, 0) is 4.79 Å². The number of rotatable bonds is 5. The molecule has 3 rings (SSSR count). The van der Waals surface area contributed by atoms with Gasteiger partial charge in [0.05, 0.1) is 19.8 Å². The van der Waals surface area contributed by atoms with E-state index >= 15 is 0 Å². The number of ether oxygens (including phenoxy) is 1. The van der Waals surface area contributed by atoms with Gasteiger partial charge >= 0.3 is 5.97 Å². The van der Waals surface area contributed by atoms with Gasteiger partial charge in [-0.15, -0.1) is 0 Å². The van der Waals surface area contributed by atoms with Crippen LogP contribution in [0.2, 0.25) is 0 Å². The first-order valence-electron chi connectivity index (χ1n) is 8.48. The minimum Gasteiger partial charge on any atom is -0.497 e. The number of carboxylic acids is 1. The van der Waals surface area contributed by atoms with E-state index in [0.717, 1.165) is 0 Å². The molecule has 0 amide bonds. The molecule has 3 N–H and O–H groups in total. The molecule has 0 radical (unpaired) electrons. The smallest absolute Gasteiger partial charge is 0.343 e. The van der Waals surface area contributed by atoms with Crippen LogP contribution in [-0.4, -0.2) is 84.3 Å². The Morgan fingerprint density at radius 2 is 2.00 bits per heavy atom. The molecule has 0 saturated carbocycles. The molecule has 0 aliphatic carbocycles. The van der Waals surface area contributed by atoms with Crippen molar-refractivity contribution in [1.82, 2.24) is 10.1 Å². The summed E-state index contributed by atoms with van der Waals surface area (Å²) in [5.74, 6) is 0.0845. The van der Waals surface area contributed by atoms with Crippen molar-refractivity contribution in [3.63, 3.8) is 0 Å². The van der Waals surface area contributed by atoms with Gasteiger partial charge in [-0.25, -0.2) is 4.79 Å². The second-order valence-electron chi connectivity index (χ2n) is 6.11. The quantitative estimate of drug-likeness (QED) is 0.627. The first-order chi connectivity index (χ1) is 13.5. The number of hydrogen-bond donors (Lipinski definition) is 3. The molecule has 10 heteroatoms. The van der Waals surface area contributed by atoms with Crippen LogP contribution in [0.1, 0.15) is 10.4 Å². The zero-order valence-corrected chi connectivity index (χ0v) is 15.6. The van der Waals surface area contributed by atoms with Crippen LogP contribution in [0.4, 0.5) is 5.82 Å². The fraction of sp³-hybridized carbons (Fsp3) is 0.389. The van der Waals surface area contributed by atoms with Gasteiger partial charge in [0.15, 0.2) is 17.1 Å². The molecule has 1 aromatic heterocycles. The number of hydrogen-bond acceptors (Lipinski definition) is 8. The van der Waals surface area contributed by atoms with Crippen LogP contribution in [0.25, 0.3) is 11.3 Å². The molecule has 1 saturated heterocycles. The lowest BCUT2D eigenvalue weighted by Gasteiger charge is -2.38. The van der Waals surface area contributed by atoms with E-state index in [1.54, 1.807) is 31.4 Å². The molecule has 1 aliphatic rings. The normalized spacial score (nSPS) is 16.8.